The lowest BCUT2D eigenvalue weighted by molar-refractivity contribution is 0.539. The van der Waals surface area contributed by atoms with Crippen LogP contribution in [0.3, 0.4) is 0 Å². The van der Waals surface area contributed by atoms with Gasteiger partial charge in [0, 0.05) is 43.8 Å². The molecular weight excluding hydrogens is 260 g/mol. The van der Waals surface area contributed by atoms with Crippen LogP contribution in [0, 0.1) is 6.92 Å². The maximum atomic E-state index is 4.30. The normalized spacial score (nSPS) is 18.4. The van der Waals surface area contributed by atoms with Crippen molar-refractivity contribution in [3.8, 4) is 0 Å². The summed E-state index contributed by atoms with van der Waals surface area (Å²) in [5.74, 6) is 1.09. The smallest absolute Gasteiger partial charge is 0.105 e. The van der Waals surface area contributed by atoms with E-state index in [9.17, 15) is 0 Å². The van der Waals surface area contributed by atoms with E-state index in [1.807, 2.05) is 6.20 Å². The van der Waals surface area contributed by atoms with Gasteiger partial charge < -0.3 is 14.8 Å². The zero-order chi connectivity index (χ0) is 14.7. The fourth-order valence-electron chi connectivity index (χ4n) is 3.23. The number of aromatic nitrogens is 2. The summed E-state index contributed by atoms with van der Waals surface area (Å²) in [6.45, 7) is 5.21. The first-order valence-corrected chi connectivity index (χ1v) is 7.78. The molecule has 4 heteroatoms. The van der Waals surface area contributed by atoms with Crippen LogP contribution in [0.15, 0.2) is 36.7 Å². The largest absolute Gasteiger partial charge is 0.369 e. The Morgan fingerprint density at radius 1 is 1.29 bits per heavy atom. The molecule has 1 atom stereocenters. The molecule has 0 bridgehead atoms. The summed E-state index contributed by atoms with van der Waals surface area (Å²) >= 11 is 0. The Labute approximate surface area is 126 Å². The van der Waals surface area contributed by atoms with E-state index < -0.39 is 0 Å². The second-order valence-electron chi connectivity index (χ2n) is 5.70. The number of rotatable bonds is 4. The molecule has 21 heavy (non-hydrogen) atoms. The number of benzene rings is 1. The van der Waals surface area contributed by atoms with Crippen LogP contribution in [-0.2, 0) is 6.54 Å². The molecule has 0 saturated carbocycles. The minimum atomic E-state index is 0.473. The second kappa shape index (κ2) is 6.31. The summed E-state index contributed by atoms with van der Waals surface area (Å²) in [7, 11) is 2.06. The highest BCUT2D eigenvalue weighted by Crippen LogP contribution is 2.32. The topological polar surface area (TPSA) is 33.1 Å². The van der Waals surface area contributed by atoms with E-state index in [4.69, 9.17) is 0 Å². The number of para-hydroxylation sites is 1. The molecule has 1 aromatic carbocycles. The Kier molecular flexibility index (Phi) is 4.25. The Balaban J connectivity index is 1.80. The molecule has 0 spiro atoms. The van der Waals surface area contributed by atoms with Crippen molar-refractivity contribution >= 4 is 5.69 Å². The molecule has 0 amide bonds. The van der Waals surface area contributed by atoms with Crippen molar-refractivity contribution in [3.05, 3.63) is 48.0 Å². The number of aryl methyl sites for hydroxylation is 1. The van der Waals surface area contributed by atoms with Gasteiger partial charge in [-0.2, -0.15) is 0 Å². The van der Waals surface area contributed by atoms with E-state index in [0.29, 0.717) is 6.04 Å². The fourth-order valence-corrected chi connectivity index (χ4v) is 3.23. The van der Waals surface area contributed by atoms with Crippen LogP contribution >= 0.6 is 0 Å². The van der Waals surface area contributed by atoms with Crippen molar-refractivity contribution < 1.29 is 0 Å². The van der Waals surface area contributed by atoms with Gasteiger partial charge in [-0.1, -0.05) is 18.2 Å². The summed E-state index contributed by atoms with van der Waals surface area (Å²) < 4.78 is 2.23. The van der Waals surface area contributed by atoms with Crippen molar-refractivity contribution in [2.24, 2.45) is 0 Å². The molecule has 2 heterocycles. The predicted octanol–water partition coefficient (Wildman–Crippen LogP) is 2.75. The Bertz CT molecular complexity index is 590. The van der Waals surface area contributed by atoms with Crippen molar-refractivity contribution in [1.82, 2.24) is 14.9 Å². The van der Waals surface area contributed by atoms with Gasteiger partial charge in [-0.25, -0.2) is 4.98 Å². The molecule has 0 aliphatic carbocycles. The van der Waals surface area contributed by atoms with Crippen LogP contribution in [0.25, 0.3) is 0 Å². The van der Waals surface area contributed by atoms with Crippen LogP contribution in [0.4, 0.5) is 5.69 Å². The Morgan fingerprint density at radius 3 is 2.90 bits per heavy atom. The molecule has 0 fully saturated rings. The monoisotopic (exact) mass is 284 g/mol. The fraction of sp³-hybridized carbons (Fsp3) is 0.471. The number of nitrogens with one attached hydrogen (secondary N) is 1. The average Bonchev–Trinajstić information content (AvgIpc) is 2.83. The zero-order valence-electron chi connectivity index (χ0n) is 12.9. The lowest BCUT2D eigenvalue weighted by atomic mass is 10.0. The molecule has 0 saturated heterocycles. The molecule has 1 aliphatic heterocycles. The first-order valence-electron chi connectivity index (χ1n) is 7.78. The molecule has 1 aromatic heterocycles. The summed E-state index contributed by atoms with van der Waals surface area (Å²) in [5, 5.41) is 3.46. The van der Waals surface area contributed by atoms with Crippen LogP contribution in [-0.4, -0.2) is 29.7 Å². The van der Waals surface area contributed by atoms with Gasteiger partial charge in [0.1, 0.15) is 5.82 Å². The molecule has 112 valence electrons. The lowest BCUT2D eigenvalue weighted by Gasteiger charge is -2.26. The van der Waals surface area contributed by atoms with Gasteiger partial charge in [0.2, 0.25) is 0 Å². The number of fused-ring (bicyclic) bond motifs is 1. The van der Waals surface area contributed by atoms with Gasteiger partial charge in [0.15, 0.2) is 0 Å². The molecule has 3 rings (SSSR count). The van der Waals surface area contributed by atoms with Crippen molar-refractivity contribution in [2.45, 2.75) is 32.4 Å². The third-order valence-electron chi connectivity index (χ3n) is 4.46. The van der Waals surface area contributed by atoms with E-state index in [-0.39, 0.29) is 0 Å². The second-order valence-corrected chi connectivity index (χ2v) is 5.70. The quantitative estimate of drug-likeness (QED) is 0.937. The first-order chi connectivity index (χ1) is 10.3. The maximum Gasteiger partial charge on any atom is 0.105 e. The minimum Gasteiger partial charge on any atom is -0.369 e. The van der Waals surface area contributed by atoms with Gasteiger partial charge in [0.05, 0.1) is 0 Å². The van der Waals surface area contributed by atoms with Crippen LogP contribution in [0.1, 0.15) is 30.3 Å². The maximum absolute atomic E-state index is 4.30. The van der Waals surface area contributed by atoms with E-state index >= 15 is 0 Å². The number of imidazole rings is 1. The summed E-state index contributed by atoms with van der Waals surface area (Å²) in [6, 6.07) is 9.28. The van der Waals surface area contributed by atoms with E-state index in [2.05, 4.69) is 64.2 Å². The number of hydrogen-bond donors (Lipinski definition) is 1. The Morgan fingerprint density at radius 2 is 2.14 bits per heavy atom. The van der Waals surface area contributed by atoms with E-state index in [1.165, 1.54) is 24.1 Å². The highest BCUT2D eigenvalue weighted by atomic mass is 15.2. The lowest BCUT2D eigenvalue weighted by Crippen LogP contribution is -2.28. The number of hydrogen-bond acceptors (Lipinski definition) is 3. The SMILES string of the molecule is CNC1CCCN(CCn2ccnc2C)c2ccccc21. The molecule has 1 unspecified atom stereocenters. The highest BCUT2D eigenvalue weighted by Gasteiger charge is 2.21. The molecule has 2 aromatic rings. The number of nitrogens with zero attached hydrogens (tertiary/aromatic N) is 3. The van der Waals surface area contributed by atoms with Gasteiger partial charge in [-0.3, -0.25) is 0 Å². The average molecular weight is 284 g/mol. The van der Waals surface area contributed by atoms with Crippen LogP contribution in [0.5, 0.6) is 0 Å². The molecule has 1 N–H and O–H groups in total. The molecular formula is C17H24N4. The number of anilines is 1. The van der Waals surface area contributed by atoms with Gasteiger partial charge >= 0.3 is 0 Å². The molecule has 1 aliphatic rings. The molecule has 4 nitrogen and oxygen atoms in total. The first kappa shape index (κ1) is 14.1. The van der Waals surface area contributed by atoms with Crippen LogP contribution in [0.2, 0.25) is 0 Å². The van der Waals surface area contributed by atoms with E-state index in [1.54, 1.807) is 0 Å². The van der Waals surface area contributed by atoms with Crippen molar-refractivity contribution in [2.75, 3.05) is 25.0 Å². The third-order valence-corrected chi connectivity index (χ3v) is 4.46. The summed E-state index contributed by atoms with van der Waals surface area (Å²) in [5.41, 5.74) is 2.81. The summed E-state index contributed by atoms with van der Waals surface area (Å²) in [4.78, 5) is 6.82. The third kappa shape index (κ3) is 2.95. The minimum absolute atomic E-state index is 0.473. The van der Waals surface area contributed by atoms with Gasteiger partial charge in [-0.05, 0) is 38.4 Å². The predicted molar refractivity (Wildman–Crippen MR) is 86.7 cm³/mol. The highest BCUT2D eigenvalue weighted by molar-refractivity contribution is 5.55. The van der Waals surface area contributed by atoms with E-state index in [0.717, 1.165) is 25.5 Å². The van der Waals surface area contributed by atoms with Gasteiger partial charge in [-0.15, -0.1) is 0 Å². The standard InChI is InChI=1S/C17H24N4/c1-14-19-9-11-20(14)12-13-21-10-5-7-16(18-2)15-6-3-4-8-17(15)21/h3-4,6,8-9,11,16,18H,5,7,10,12-13H2,1-2H3. The van der Waals surface area contributed by atoms with Crippen LogP contribution < -0.4 is 10.2 Å². The molecule has 0 radical (unpaired) electrons. The van der Waals surface area contributed by atoms with Crippen molar-refractivity contribution in [1.29, 1.82) is 0 Å². The zero-order valence-corrected chi connectivity index (χ0v) is 12.9. The van der Waals surface area contributed by atoms with Crippen molar-refractivity contribution in [3.63, 3.8) is 0 Å². The Hall–Kier alpha value is -1.81. The summed E-state index contributed by atoms with van der Waals surface area (Å²) in [6.07, 6.45) is 6.37. The van der Waals surface area contributed by atoms with Gasteiger partial charge in [0.25, 0.3) is 0 Å².